The Labute approximate surface area is 257 Å². The summed E-state index contributed by atoms with van der Waals surface area (Å²) in [6.07, 6.45) is 50.2. The second kappa shape index (κ2) is 11.6. The lowest BCUT2D eigenvalue weighted by Crippen LogP contribution is -2.12. The third-order valence-corrected chi connectivity index (χ3v) is 14.4. The molecule has 0 spiro atoms. The van der Waals surface area contributed by atoms with Crippen molar-refractivity contribution in [3.05, 3.63) is 85.1 Å². The lowest BCUT2D eigenvalue weighted by Gasteiger charge is -2.18. The van der Waals surface area contributed by atoms with Crippen LogP contribution in [0.15, 0.2) is 85.1 Å². The Hall–Kier alpha value is -1.82. The van der Waals surface area contributed by atoms with Gasteiger partial charge in [-0.3, -0.25) is 0 Å². The van der Waals surface area contributed by atoms with E-state index in [1.54, 1.807) is 0 Å². The maximum absolute atomic E-state index is 2.73. The Kier molecular flexibility index (Phi) is 7.65. The van der Waals surface area contributed by atoms with Gasteiger partial charge in [0.25, 0.3) is 0 Å². The monoisotopic (exact) mass is 560 g/mol. The minimum atomic E-state index is 0.743. The molecular weight excluding hydrogens is 504 g/mol. The van der Waals surface area contributed by atoms with E-state index in [1.807, 2.05) is 0 Å². The highest BCUT2D eigenvalue weighted by Gasteiger charge is 2.46. The largest absolute Gasteiger partial charge is 0.0879 e. The first-order valence-electron chi connectivity index (χ1n) is 18.4. The molecule has 0 heteroatoms. The van der Waals surface area contributed by atoms with E-state index in [-0.39, 0.29) is 0 Å². The molecule has 0 aromatic rings. The smallest absolute Gasteiger partial charge is 0.0133 e. The highest BCUT2D eigenvalue weighted by molar-refractivity contribution is 5.22. The normalized spacial score (nSPS) is 51.8. The predicted octanol–water partition coefficient (Wildman–Crippen LogP) is 10.8. The average molecular weight is 561 g/mol. The first-order valence-corrected chi connectivity index (χ1v) is 18.4. The molecule has 8 aliphatic carbocycles. The van der Waals surface area contributed by atoms with Crippen LogP contribution < -0.4 is 0 Å². The number of hydrogen-bond acceptors (Lipinski definition) is 0. The molecule has 224 valence electrons. The van der Waals surface area contributed by atoms with E-state index in [0.29, 0.717) is 0 Å². The molecule has 0 heterocycles. The van der Waals surface area contributed by atoms with Gasteiger partial charge in [0.2, 0.25) is 0 Å². The van der Waals surface area contributed by atoms with Crippen LogP contribution in [0.5, 0.6) is 0 Å². The molecule has 8 aliphatic rings. The molecule has 0 amide bonds. The van der Waals surface area contributed by atoms with Gasteiger partial charge in [-0.15, -0.1) is 0 Å². The van der Waals surface area contributed by atoms with E-state index >= 15 is 0 Å². The van der Waals surface area contributed by atoms with Crippen LogP contribution in [0.25, 0.3) is 0 Å². The Balaban J connectivity index is 0.921. The summed E-state index contributed by atoms with van der Waals surface area (Å²) in [5.74, 6) is 13.3. The topological polar surface area (TPSA) is 0 Å². The van der Waals surface area contributed by atoms with Gasteiger partial charge in [0.15, 0.2) is 0 Å². The molecule has 0 aromatic heterocycles. The lowest BCUT2D eigenvalue weighted by atomic mass is 9.86. The molecule has 0 bridgehead atoms. The molecule has 0 N–H and O–H groups in total. The molecule has 4 fully saturated rings. The van der Waals surface area contributed by atoms with Gasteiger partial charge in [-0.25, -0.2) is 0 Å². The summed E-state index contributed by atoms with van der Waals surface area (Å²) in [6, 6.07) is 0. The van der Waals surface area contributed by atoms with Gasteiger partial charge in [0.1, 0.15) is 0 Å². The Morgan fingerprint density at radius 2 is 0.714 bits per heavy atom. The summed E-state index contributed by atoms with van der Waals surface area (Å²) in [5.41, 5.74) is 0. The van der Waals surface area contributed by atoms with Crippen LogP contribution >= 0.6 is 0 Å². The zero-order valence-corrected chi connectivity index (χ0v) is 26.4. The summed E-state index contributed by atoms with van der Waals surface area (Å²) in [5, 5.41) is 0. The van der Waals surface area contributed by atoms with Gasteiger partial charge in [-0.1, -0.05) is 112 Å². The standard InChI is InChI=1S/C42H56/c1-3-27-23-29(37-11-5-9-35(27)37)17-19-31-25-33(41-15-7-13-39(31)41)21-22-34-26-32(40-14-8-16-42(34)40)20-18-30-24-28(4-2)36-10-6-12-38(30)36/h5-8,11-13,16-22,27-42H,3-4,9-10,14-15,23-26H2,1-2H3/b19-17-,20-18-,22-21-/t27-,28+,29+,30-,31-,32+,33+,34-,35?,36?,37?,38?,39?,40?,41?,42?/m1/s1. The summed E-state index contributed by atoms with van der Waals surface area (Å²) >= 11 is 0. The van der Waals surface area contributed by atoms with Crippen LogP contribution in [0.3, 0.4) is 0 Å². The predicted molar refractivity (Wildman–Crippen MR) is 177 cm³/mol. The second-order valence-corrected chi connectivity index (χ2v) is 16.0. The third kappa shape index (κ3) is 4.77. The van der Waals surface area contributed by atoms with Crippen molar-refractivity contribution in [2.45, 2.75) is 78.1 Å². The maximum Gasteiger partial charge on any atom is -0.0133 e. The van der Waals surface area contributed by atoms with Crippen molar-refractivity contribution >= 4 is 0 Å². The highest BCUT2D eigenvalue weighted by atomic mass is 14.5. The third-order valence-electron chi connectivity index (χ3n) is 14.4. The Morgan fingerprint density at radius 1 is 0.405 bits per heavy atom. The van der Waals surface area contributed by atoms with Gasteiger partial charge in [-0.05, 0) is 146 Å². The van der Waals surface area contributed by atoms with Gasteiger partial charge in [-0.2, -0.15) is 0 Å². The molecule has 0 radical (unpaired) electrons. The van der Waals surface area contributed by atoms with Crippen LogP contribution in [0, 0.1) is 94.7 Å². The van der Waals surface area contributed by atoms with Crippen LogP contribution in [0.4, 0.5) is 0 Å². The summed E-state index contributed by atoms with van der Waals surface area (Å²) < 4.78 is 0. The molecule has 8 rings (SSSR count). The number of fused-ring (bicyclic) bond motifs is 4. The number of rotatable bonds is 8. The van der Waals surface area contributed by atoms with E-state index in [4.69, 9.17) is 0 Å². The van der Waals surface area contributed by atoms with Crippen LogP contribution in [-0.4, -0.2) is 0 Å². The summed E-state index contributed by atoms with van der Waals surface area (Å²) in [4.78, 5) is 0. The minimum absolute atomic E-state index is 0.743. The van der Waals surface area contributed by atoms with E-state index in [9.17, 15) is 0 Å². The highest BCUT2D eigenvalue weighted by Crippen LogP contribution is 2.54. The zero-order chi connectivity index (χ0) is 28.2. The molecular formula is C42H56. The second-order valence-electron chi connectivity index (χ2n) is 16.0. The van der Waals surface area contributed by atoms with E-state index in [1.165, 1.54) is 64.2 Å². The SMILES string of the molecule is CC[C@H]1C[C@@H](/C=C\[C@H]2C[C@@H](/C=C\[C@H]3C[C@@H](/C=C\[C@H]4C[C@@H](CC)C5CC=CC54)C4C=CCC43)C3C=CCC32)C2C=CCC21. The van der Waals surface area contributed by atoms with Crippen molar-refractivity contribution in [1.29, 1.82) is 0 Å². The quantitative estimate of drug-likeness (QED) is 0.259. The fourth-order valence-electron chi connectivity index (χ4n) is 12.3. The molecule has 8 unspecified atom stereocenters. The molecule has 0 aromatic carbocycles. The van der Waals surface area contributed by atoms with Crippen LogP contribution in [0.1, 0.15) is 78.1 Å². The molecule has 0 nitrogen and oxygen atoms in total. The fourth-order valence-corrected chi connectivity index (χ4v) is 12.3. The van der Waals surface area contributed by atoms with Crippen LogP contribution in [-0.2, 0) is 0 Å². The number of allylic oxidation sites excluding steroid dienone is 14. The van der Waals surface area contributed by atoms with Crippen molar-refractivity contribution in [3.8, 4) is 0 Å². The summed E-state index contributed by atoms with van der Waals surface area (Å²) in [7, 11) is 0. The van der Waals surface area contributed by atoms with Crippen LogP contribution in [0.2, 0.25) is 0 Å². The fraction of sp³-hybridized carbons (Fsp3) is 0.667. The average Bonchev–Trinajstić information content (AvgIpc) is 3.82. The molecule has 4 saturated carbocycles. The zero-order valence-electron chi connectivity index (χ0n) is 26.4. The number of hydrogen-bond donors (Lipinski definition) is 0. The van der Waals surface area contributed by atoms with Gasteiger partial charge in [0.05, 0.1) is 0 Å². The van der Waals surface area contributed by atoms with Crippen molar-refractivity contribution < 1.29 is 0 Å². The van der Waals surface area contributed by atoms with Gasteiger partial charge in [0, 0.05) is 0 Å². The first-order chi connectivity index (χ1) is 20.7. The molecule has 0 aliphatic heterocycles. The Bertz CT molecular complexity index is 1190. The first kappa shape index (κ1) is 27.7. The maximum atomic E-state index is 2.73. The van der Waals surface area contributed by atoms with Crippen molar-refractivity contribution in [3.63, 3.8) is 0 Å². The van der Waals surface area contributed by atoms with E-state index < -0.39 is 0 Å². The van der Waals surface area contributed by atoms with Crippen molar-refractivity contribution in [2.24, 2.45) is 94.7 Å². The van der Waals surface area contributed by atoms with E-state index in [0.717, 1.165) is 94.7 Å². The van der Waals surface area contributed by atoms with E-state index in [2.05, 4.69) is 98.9 Å². The van der Waals surface area contributed by atoms with Gasteiger partial charge < -0.3 is 0 Å². The van der Waals surface area contributed by atoms with Crippen molar-refractivity contribution in [1.82, 2.24) is 0 Å². The molecule has 16 atom stereocenters. The minimum Gasteiger partial charge on any atom is -0.0879 e. The molecule has 0 saturated heterocycles. The van der Waals surface area contributed by atoms with Crippen molar-refractivity contribution in [2.75, 3.05) is 0 Å². The lowest BCUT2D eigenvalue weighted by molar-refractivity contribution is 0.356. The Morgan fingerprint density at radius 3 is 1.10 bits per heavy atom. The van der Waals surface area contributed by atoms with Gasteiger partial charge >= 0.3 is 0 Å². The summed E-state index contributed by atoms with van der Waals surface area (Å²) in [6.45, 7) is 4.83. The molecule has 42 heavy (non-hydrogen) atoms.